The molecular weight excluding hydrogens is 192 g/mol. The maximum atomic E-state index is 12.0. The van der Waals surface area contributed by atoms with Crippen molar-refractivity contribution in [3.05, 3.63) is 11.6 Å². The van der Waals surface area contributed by atoms with Gasteiger partial charge in [-0.05, 0) is 13.3 Å². The number of amides is 1. The smallest absolute Gasteiger partial charge is 0.248 e. The third kappa shape index (κ3) is 1.64. The van der Waals surface area contributed by atoms with E-state index in [1.165, 1.54) is 5.57 Å². The molecule has 0 aliphatic carbocycles. The summed E-state index contributed by atoms with van der Waals surface area (Å²) in [7, 11) is 0. The average molecular weight is 206 g/mol. The third-order valence-corrected chi connectivity index (χ3v) is 3.04. The number of nitrogens with zero attached hydrogens (tertiary/aromatic N) is 2. The normalized spacial score (nSPS) is 23.7. The highest BCUT2D eigenvalue weighted by molar-refractivity contribution is 5.87. The highest BCUT2D eigenvalue weighted by atomic mass is 16.5. The molecule has 1 saturated heterocycles. The van der Waals surface area contributed by atoms with Gasteiger partial charge in [0, 0.05) is 13.1 Å². The Morgan fingerprint density at radius 2 is 2.40 bits per heavy atom. The first-order chi connectivity index (χ1) is 7.18. The van der Waals surface area contributed by atoms with Gasteiger partial charge in [0.2, 0.25) is 5.91 Å². The lowest BCUT2D eigenvalue weighted by Gasteiger charge is -2.38. The van der Waals surface area contributed by atoms with Gasteiger partial charge in [-0.3, -0.25) is 4.79 Å². The van der Waals surface area contributed by atoms with E-state index in [9.17, 15) is 4.79 Å². The van der Waals surface area contributed by atoms with E-state index in [0.717, 1.165) is 13.0 Å². The lowest BCUT2D eigenvalue weighted by molar-refractivity contribution is -0.160. The molecule has 80 valence electrons. The van der Waals surface area contributed by atoms with Crippen LogP contribution >= 0.6 is 0 Å². The van der Waals surface area contributed by atoms with Crippen molar-refractivity contribution in [3.63, 3.8) is 0 Å². The fourth-order valence-corrected chi connectivity index (χ4v) is 1.80. The van der Waals surface area contributed by atoms with Crippen LogP contribution in [-0.4, -0.2) is 37.1 Å². The summed E-state index contributed by atoms with van der Waals surface area (Å²) in [5, 5.41) is 9.00. The van der Waals surface area contributed by atoms with Crippen LogP contribution in [-0.2, 0) is 9.53 Å². The second-order valence-corrected chi connectivity index (χ2v) is 4.24. The van der Waals surface area contributed by atoms with Crippen LogP contribution in [0.25, 0.3) is 0 Å². The topological polar surface area (TPSA) is 53.3 Å². The Bertz CT molecular complexity index is 350. The SMILES string of the molecule is CC1=CCN(C(=O)C2(C#N)COC2)CC1. The number of hydrogen-bond acceptors (Lipinski definition) is 3. The predicted octanol–water partition coefficient (Wildman–Crippen LogP) is 0.705. The van der Waals surface area contributed by atoms with Crippen molar-refractivity contribution in [2.45, 2.75) is 13.3 Å². The van der Waals surface area contributed by atoms with Gasteiger partial charge in [-0.25, -0.2) is 0 Å². The molecule has 1 fully saturated rings. The van der Waals surface area contributed by atoms with Crippen LogP contribution in [0, 0.1) is 16.7 Å². The summed E-state index contributed by atoms with van der Waals surface area (Å²) < 4.78 is 4.98. The summed E-state index contributed by atoms with van der Waals surface area (Å²) in [6, 6.07) is 2.09. The van der Waals surface area contributed by atoms with E-state index < -0.39 is 5.41 Å². The van der Waals surface area contributed by atoms with Crippen LogP contribution in [0.5, 0.6) is 0 Å². The van der Waals surface area contributed by atoms with Crippen molar-refractivity contribution < 1.29 is 9.53 Å². The molecule has 0 saturated carbocycles. The maximum absolute atomic E-state index is 12.0. The number of carbonyl (C=O) groups excluding carboxylic acids is 1. The molecule has 0 bridgehead atoms. The largest absolute Gasteiger partial charge is 0.377 e. The van der Waals surface area contributed by atoms with Crippen LogP contribution in [0.3, 0.4) is 0 Å². The molecule has 4 heteroatoms. The van der Waals surface area contributed by atoms with Crippen LogP contribution in [0.15, 0.2) is 11.6 Å². The van der Waals surface area contributed by atoms with Crippen molar-refractivity contribution in [2.24, 2.45) is 5.41 Å². The molecule has 0 spiro atoms. The lowest BCUT2D eigenvalue weighted by atomic mass is 9.85. The molecule has 2 heterocycles. The minimum atomic E-state index is -0.890. The summed E-state index contributed by atoms with van der Waals surface area (Å²) in [4.78, 5) is 13.8. The Morgan fingerprint density at radius 3 is 2.80 bits per heavy atom. The highest BCUT2D eigenvalue weighted by Crippen LogP contribution is 2.30. The zero-order valence-corrected chi connectivity index (χ0v) is 8.82. The van der Waals surface area contributed by atoms with E-state index in [-0.39, 0.29) is 19.1 Å². The first kappa shape index (κ1) is 10.2. The quantitative estimate of drug-likeness (QED) is 0.593. The van der Waals surface area contributed by atoms with Gasteiger partial charge in [-0.1, -0.05) is 11.6 Å². The van der Waals surface area contributed by atoms with Crippen molar-refractivity contribution in [2.75, 3.05) is 26.3 Å². The summed E-state index contributed by atoms with van der Waals surface area (Å²) in [6.45, 7) is 3.93. The van der Waals surface area contributed by atoms with Gasteiger partial charge in [0.05, 0.1) is 19.3 Å². The molecule has 0 aromatic carbocycles. The van der Waals surface area contributed by atoms with Gasteiger partial charge in [0.25, 0.3) is 0 Å². The molecule has 0 unspecified atom stereocenters. The van der Waals surface area contributed by atoms with E-state index >= 15 is 0 Å². The Kier molecular flexibility index (Phi) is 2.49. The molecule has 0 atom stereocenters. The fourth-order valence-electron chi connectivity index (χ4n) is 1.80. The number of hydrogen-bond donors (Lipinski definition) is 0. The Morgan fingerprint density at radius 1 is 1.67 bits per heavy atom. The molecule has 0 N–H and O–H groups in total. The molecule has 15 heavy (non-hydrogen) atoms. The number of nitriles is 1. The van der Waals surface area contributed by atoms with E-state index in [2.05, 4.69) is 13.0 Å². The van der Waals surface area contributed by atoms with Gasteiger partial charge in [-0.2, -0.15) is 5.26 Å². The summed E-state index contributed by atoms with van der Waals surface area (Å²) in [5.41, 5.74) is 0.425. The van der Waals surface area contributed by atoms with Gasteiger partial charge >= 0.3 is 0 Å². The predicted molar refractivity (Wildman–Crippen MR) is 53.8 cm³/mol. The van der Waals surface area contributed by atoms with Crippen molar-refractivity contribution in [1.29, 1.82) is 5.26 Å². The standard InChI is InChI=1S/C11H14N2O2/c1-9-2-4-13(5-3-9)10(14)11(6-12)7-15-8-11/h2H,3-5,7-8H2,1H3. The Balaban J connectivity index is 2.06. The molecule has 1 amide bonds. The zero-order valence-electron chi connectivity index (χ0n) is 8.82. The number of carbonyl (C=O) groups is 1. The van der Waals surface area contributed by atoms with E-state index in [4.69, 9.17) is 10.00 Å². The Hall–Kier alpha value is -1.34. The van der Waals surface area contributed by atoms with Gasteiger partial charge in [0.1, 0.15) is 0 Å². The van der Waals surface area contributed by atoms with Crippen LogP contribution < -0.4 is 0 Å². The van der Waals surface area contributed by atoms with Crippen LogP contribution in [0.4, 0.5) is 0 Å². The molecule has 0 aromatic heterocycles. The lowest BCUT2D eigenvalue weighted by Crippen LogP contribution is -2.55. The first-order valence-electron chi connectivity index (χ1n) is 5.12. The molecule has 0 aromatic rings. The van der Waals surface area contributed by atoms with Crippen LogP contribution in [0.2, 0.25) is 0 Å². The maximum Gasteiger partial charge on any atom is 0.248 e. The van der Waals surface area contributed by atoms with Crippen molar-refractivity contribution in [1.82, 2.24) is 4.90 Å². The second kappa shape index (κ2) is 3.67. The zero-order chi connectivity index (χ0) is 10.9. The minimum Gasteiger partial charge on any atom is -0.377 e. The molecule has 4 nitrogen and oxygen atoms in total. The molecule has 0 radical (unpaired) electrons. The van der Waals surface area contributed by atoms with Gasteiger partial charge < -0.3 is 9.64 Å². The molecule has 2 aliphatic heterocycles. The Labute approximate surface area is 89.1 Å². The minimum absolute atomic E-state index is 0.0694. The summed E-state index contributed by atoms with van der Waals surface area (Å²) >= 11 is 0. The third-order valence-electron chi connectivity index (χ3n) is 3.04. The number of rotatable bonds is 1. The molecule has 2 aliphatic rings. The summed E-state index contributed by atoms with van der Waals surface area (Å²) in [5.74, 6) is -0.0694. The fraction of sp³-hybridized carbons (Fsp3) is 0.636. The average Bonchev–Trinajstić information content (AvgIpc) is 2.18. The monoisotopic (exact) mass is 206 g/mol. The molecular formula is C11H14N2O2. The van der Waals surface area contributed by atoms with E-state index in [1.807, 2.05) is 6.08 Å². The van der Waals surface area contributed by atoms with Gasteiger partial charge in [0.15, 0.2) is 5.41 Å². The van der Waals surface area contributed by atoms with Gasteiger partial charge in [-0.15, -0.1) is 0 Å². The number of ether oxygens (including phenoxy) is 1. The summed E-state index contributed by atoms with van der Waals surface area (Å²) in [6.07, 6.45) is 2.96. The first-order valence-corrected chi connectivity index (χ1v) is 5.12. The van der Waals surface area contributed by atoms with E-state index in [0.29, 0.717) is 6.54 Å². The van der Waals surface area contributed by atoms with Crippen LogP contribution in [0.1, 0.15) is 13.3 Å². The van der Waals surface area contributed by atoms with E-state index in [1.54, 1.807) is 4.90 Å². The van der Waals surface area contributed by atoms with Crippen molar-refractivity contribution in [3.8, 4) is 6.07 Å². The molecule has 2 rings (SSSR count). The van der Waals surface area contributed by atoms with Crippen molar-refractivity contribution >= 4 is 5.91 Å². The highest BCUT2D eigenvalue weighted by Gasteiger charge is 2.48. The second-order valence-electron chi connectivity index (χ2n) is 4.24.